The van der Waals surface area contributed by atoms with E-state index in [1.165, 1.54) is 0 Å². The van der Waals surface area contributed by atoms with Crippen LogP contribution in [-0.4, -0.2) is 151 Å². The van der Waals surface area contributed by atoms with Gasteiger partial charge in [-0.3, -0.25) is 0 Å². The van der Waals surface area contributed by atoms with Crippen molar-refractivity contribution in [3.05, 3.63) is 11.6 Å². The van der Waals surface area contributed by atoms with Gasteiger partial charge in [0.05, 0.1) is 43.2 Å². The van der Waals surface area contributed by atoms with Gasteiger partial charge in [-0.1, -0.05) is 46.3 Å². The molecular weight excluding hydrogens is 728 g/mol. The summed E-state index contributed by atoms with van der Waals surface area (Å²) in [6.45, 7) is 16.2. The molecule has 3 aliphatic heterocycles. The number of hydrogen-bond acceptors (Lipinski definition) is 14. The Morgan fingerprint density at radius 1 is 0.696 bits per heavy atom. The molecule has 4 saturated carbocycles. The Balaban J connectivity index is 1.30. The number of fused-ring (bicyclic) bond motifs is 4. The molecule has 0 amide bonds. The highest BCUT2D eigenvalue weighted by Crippen LogP contribution is 2.77. The summed E-state index contributed by atoms with van der Waals surface area (Å²) in [6.07, 6.45) is -8.97. The van der Waals surface area contributed by atoms with Crippen molar-refractivity contribution < 1.29 is 69.6 Å². The molecule has 0 aromatic heterocycles. The molecule has 7 rings (SSSR count). The van der Waals surface area contributed by atoms with E-state index in [1.807, 2.05) is 20.8 Å². The molecule has 3 heterocycles. The lowest BCUT2D eigenvalue weighted by atomic mass is 9.34. The third-order valence-electron chi connectivity index (χ3n) is 16.9. The summed E-state index contributed by atoms with van der Waals surface area (Å²) in [7, 11) is 0. The van der Waals surface area contributed by atoms with Gasteiger partial charge in [-0.15, -0.1) is 0 Å². The van der Waals surface area contributed by atoms with Gasteiger partial charge in [0.25, 0.3) is 0 Å². The first-order valence-electron chi connectivity index (χ1n) is 21.0. The second-order valence-corrected chi connectivity index (χ2v) is 20.5. The van der Waals surface area contributed by atoms with E-state index < -0.39 is 97.8 Å². The Morgan fingerprint density at radius 3 is 1.88 bits per heavy atom. The Labute approximate surface area is 331 Å². The fourth-order valence-corrected chi connectivity index (χ4v) is 14.0. The van der Waals surface area contributed by atoms with Crippen molar-refractivity contribution in [2.45, 2.75) is 192 Å². The molecule has 14 nitrogen and oxygen atoms in total. The van der Waals surface area contributed by atoms with E-state index in [0.29, 0.717) is 19.3 Å². The smallest absolute Gasteiger partial charge is 0.187 e. The van der Waals surface area contributed by atoms with Crippen molar-refractivity contribution >= 4 is 0 Å². The van der Waals surface area contributed by atoms with Crippen molar-refractivity contribution in [3.8, 4) is 0 Å². The number of rotatable bonds is 7. The van der Waals surface area contributed by atoms with E-state index in [0.717, 1.165) is 31.3 Å². The summed E-state index contributed by atoms with van der Waals surface area (Å²) >= 11 is 0. The summed E-state index contributed by atoms with van der Waals surface area (Å²) in [5.74, 6) is -0.155. The van der Waals surface area contributed by atoms with Gasteiger partial charge in [-0.2, -0.15) is 0 Å². The highest BCUT2D eigenvalue weighted by molar-refractivity contribution is 5.23. The van der Waals surface area contributed by atoms with Crippen LogP contribution in [0, 0.1) is 45.3 Å². The van der Waals surface area contributed by atoms with E-state index in [2.05, 4.69) is 40.7 Å². The molecule has 0 unspecified atom stereocenters. The number of aliphatic hydroxyl groups excluding tert-OH is 9. The largest absolute Gasteiger partial charge is 0.394 e. The maximum atomic E-state index is 11.6. The Morgan fingerprint density at radius 2 is 1.29 bits per heavy atom. The lowest BCUT2D eigenvalue weighted by molar-refractivity contribution is -0.348. The molecular formula is C42H70O14. The molecule has 0 radical (unpaired) electrons. The molecule has 7 fully saturated rings. The molecule has 3 saturated heterocycles. The van der Waals surface area contributed by atoms with Crippen molar-refractivity contribution in [2.24, 2.45) is 45.3 Å². The average Bonchev–Trinajstić information content (AvgIpc) is 3.46. The summed E-state index contributed by atoms with van der Waals surface area (Å²) < 4.78 is 32.9. The zero-order valence-corrected chi connectivity index (χ0v) is 34.4. The van der Waals surface area contributed by atoms with Crippen LogP contribution >= 0.6 is 0 Å². The van der Waals surface area contributed by atoms with Gasteiger partial charge in [0.2, 0.25) is 0 Å². The van der Waals surface area contributed by atoms with Gasteiger partial charge >= 0.3 is 0 Å². The van der Waals surface area contributed by atoms with Crippen molar-refractivity contribution in [1.29, 1.82) is 0 Å². The van der Waals surface area contributed by atoms with Crippen molar-refractivity contribution in [3.63, 3.8) is 0 Å². The lowest BCUT2D eigenvalue weighted by Crippen LogP contribution is -2.71. The average molecular weight is 799 g/mol. The third kappa shape index (κ3) is 6.51. The Bertz CT molecular complexity index is 1450. The molecule has 0 aromatic carbocycles. The van der Waals surface area contributed by atoms with Crippen LogP contribution in [0.15, 0.2) is 11.6 Å². The normalized spacial score (nSPS) is 56.7. The highest BCUT2D eigenvalue weighted by Gasteiger charge is 2.75. The number of allylic oxidation sites excluding steroid dienone is 1. The first-order valence-corrected chi connectivity index (χ1v) is 21.0. The van der Waals surface area contributed by atoms with E-state index in [4.69, 9.17) is 23.7 Å². The fourth-order valence-electron chi connectivity index (χ4n) is 14.0. The van der Waals surface area contributed by atoms with Gasteiger partial charge in [-0.05, 0) is 105 Å². The van der Waals surface area contributed by atoms with Crippen LogP contribution in [0.4, 0.5) is 0 Å². The highest BCUT2D eigenvalue weighted by atomic mass is 16.7. The minimum Gasteiger partial charge on any atom is -0.394 e. The fraction of sp³-hybridized carbons (Fsp3) is 0.952. The lowest BCUT2D eigenvalue weighted by Gasteiger charge is -2.72. The van der Waals surface area contributed by atoms with Crippen LogP contribution in [-0.2, 0) is 23.7 Å². The first-order chi connectivity index (χ1) is 26.1. The van der Waals surface area contributed by atoms with E-state index in [9.17, 15) is 46.0 Å². The predicted octanol–water partition coefficient (Wildman–Crippen LogP) is 1.14. The number of ether oxygens (including phenoxy) is 5. The number of aliphatic hydroxyl groups is 9. The molecule has 0 aromatic rings. The summed E-state index contributed by atoms with van der Waals surface area (Å²) in [5.41, 5.74) is -1.53. The maximum Gasteiger partial charge on any atom is 0.187 e. The Hall–Kier alpha value is -0.820. The quantitative estimate of drug-likeness (QED) is 0.130. The first kappa shape index (κ1) is 43.3. The van der Waals surface area contributed by atoms with Gasteiger partial charge in [0.1, 0.15) is 48.8 Å². The molecule has 22 atom stereocenters. The molecule has 0 bridgehead atoms. The zero-order chi connectivity index (χ0) is 41.1. The molecule has 9 N–H and O–H groups in total. The monoisotopic (exact) mass is 798 g/mol. The third-order valence-corrected chi connectivity index (χ3v) is 16.9. The molecule has 7 aliphatic rings. The topological polar surface area (TPSA) is 228 Å². The zero-order valence-electron chi connectivity index (χ0n) is 34.4. The van der Waals surface area contributed by atoms with E-state index >= 15 is 0 Å². The predicted molar refractivity (Wildman–Crippen MR) is 200 cm³/mol. The van der Waals surface area contributed by atoms with E-state index in [-0.39, 0.29) is 52.1 Å². The minimum absolute atomic E-state index is 0.0237. The van der Waals surface area contributed by atoms with Crippen LogP contribution in [0.1, 0.15) is 100 Å². The van der Waals surface area contributed by atoms with Gasteiger partial charge in [0, 0.05) is 6.42 Å². The Kier molecular flexibility index (Phi) is 11.6. The van der Waals surface area contributed by atoms with Crippen LogP contribution in [0.2, 0.25) is 0 Å². The van der Waals surface area contributed by atoms with E-state index in [1.54, 1.807) is 0 Å². The van der Waals surface area contributed by atoms with Crippen LogP contribution in [0.5, 0.6) is 0 Å². The number of hydrogen-bond donors (Lipinski definition) is 9. The second kappa shape index (κ2) is 15.0. The molecule has 0 spiro atoms. The maximum absolute atomic E-state index is 11.6. The van der Waals surface area contributed by atoms with Crippen molar-refractivity contribution in [2.75, 3.05) is 13.2 Å². The van der Waals surface area contributed by atoms with Crippen LogP contribution in [0.3, 0.4) is 0 Å². The standard InChI is InChI=1S/C42H70O14/c1-19(2)13-20-15-42(8,56-37-34(51)32(49)30(47)25(18-44)55-37)21-9-12-40(6)28(21)22(52-20)14-26-39(5)11-10-27(45)38(3,4)35(39)23(16-41(26,40)7)53-36-33(50)31(48)29(46)24(17-43)54-36/h13,20-37,43-51H,9-12,14-18H2,1-8H3/t20-,21-,22+,23-,24+,25+,26+,27-,28-,29+,30+,31-,32-,33+,34+,35-,36+,37-,39+,40+,41+,42-/m0/s1. The molecule has 14 heteroatoms. The van der Waals surface area contributed by atoms with Crippen LogP contribution in [0.25, 0.3) is 0 Å². The molecule has 4 aliphatic carbocycles. The molecule has 322 valence electrons. The summed E-state index contributed by atoms with van der Waals surface area (Å²) in [6, 6.07) is 0. The van der Waals surface area contributed by atoms with Gasteiger partial charge in [-0.25, -0.2) is 0 Å². The van der Waals surface area contributed by atoms with Crippen LogP contribution < -0.4 is 0 Å². The minimum atomic E-state index is -1.59. The second-order valence-electron chi connectivity index (χ2n) is 20.5. The summed E-state index contributed by atoms with van der Waals surface area (Å²) in [5, 5.41) is 96.5. The van der Waals surface area contributed by atoms with Gasteiger partial charge < -0.3 is 69.6 Å². The molecule has 56 heavy (non-hydrogen) atoms. The SMILES string of the molecule is CC(C)=C[C@H]1C[C@](C)(O[C@@H]2O[C@H](CO)[C@@H](O)[C@H](O)[C@H]2O)[C@H]2CC[C@]3(C)[C@@H]2[C@@H](C[C@@H]2[C@@]4(C)CC[C@H](O)C(C)(C)[C@@H]4[C@@H](O[C@@H]4O[C@H](CO)[C@@H](O)[C@H](O)[C@H]4O)C[C@]23C)O1. The van der Waals surface area contributed by atoms with Crippen molar-refractivity contribution in [1.82, 2.24) is 0 Å². The van der Waals surface area contributed by atoms with Gasteiger partial charge in [0.15, 0.2) is 12.6 Å². The summed E-state index contributed by atoms with van der Waals surface area (Å²) in [4.78, 5) is 0.